The molecular weight excluding hydrogens is 507 g/mol. The number of nitrogens with one attached hydrogen (secondary N) is 4. The minimum Gasteiger partial charge on any atom is -0.367 e. The fraction of sp³-hybridized carbons (Fsp3) is 0.667. The number of hydrogen-bond donors (Lipinski definition) is 4. The fourth-order valence-corrected chi connectivity index (χ4v) is 6.59. The average Bonchev–Trinajstić information content (AvgIpc) is 3.29. The van der Waals surface area contributed by atoms with Gasteiger partial charge in [-0.15, -0.1) is 0 Å². The van der Waals surface area contributed by atoms with E-state index in [-0.39, 0.29) is 36.6 Å². The molecule has 4 N–H and O–H groups in total. The van der Waals surface area contributed by atoms with E-state index in [0.717, 1.165) is 37.5 Å². The molecule has 0 amide bonds. The Morgan fingerprint density at radius 1 is 1.08 bits per heavy atom. The van der Waals surface area contributed by atoms with Crippen molar-refractivity contribution in [2.24, 2.45) is 0 Å². The number of sulfone groups is 1. The van der Waals surface area contributed by atoms with E-state index in [2.05, 4.69) is 33.4 Å². The predicted octanol–water partition coefficient (Wildman–Crippen LogP) is 3.16. The van der Waals surface area contributed by atoms with Gasteiger partial charge in [0.1, 0.15) is 11.6 Å². The van der Waals surface area contributed by atoms with Gasteiger partial charge >= 0.3 is 6.18 Å². The number of piperidine rings is 1. The lowest BCUT2D eigenvalue weighted by Crippen LogP contribution is -2.47. The number of halogens is 3. The Bertz CT molecular complexity index is 1230. The quantitative estimate of drug-likeness (QED) is 0.401. The van der Waals surface area contributed by atoms with Crippen LogP contribution in [0.5, 0.6) is 0 Å². The number of alkyl halides is 3. The van der Waals surface area contributed by atoms with Crippen molar-refractivity contribution in [2.45, 2.75) is 87.7 Å². The summed E-state index contributed by atoms with van der Waals surface area (Å²) in [6.45, 7) is 2.13. The second kappa shape index (κ2) is 10.2. The summed E-state index contributed by atoms with van der Waals surface area (Å²) >= 11 is 0. The molecule has 37 heavy (non-hydrogen) atoms. The van der Waals surface area contributed by atoms with Gasteiger partial charge in [-0.2, -0.15) is 13.2 Å². The Morgan fingerprint density at radius 3 is 2.43 bits per heavy atom. The second-order valence-electron chi connectivity index (χ2n) is 10.7. The van der Waals surface area contributed by atoms with E-state index in [4.69, 9.17) is 4.98 Å². The van der Waals surface area contributed by atoms with Crippen molar-refractivity contribution in [2.75, 3.05) is 23.4 Å². The molecule has 3 aliphatic rings. The Morgan fingerprint density at radius 2 is 1.81 bits per heavy atom. The maximum atomic E-state index is 12.8. The molecule has 0 spiro atoms. The lowest BCUT2D eigenvalue weighted by Gasteiger charge is -2.39. The molecule has 0 aromatic carbocycles. The summed E-state index contributed by atoms with van der Waals surface area (Å²) in [6.07, 6.45) is 0.402. The molecule has 204 valence electrons. The molecule has 0 saturated carbocycles. The number of pyridine rings is 2. The Kier molecular flexibility index (Phi) is 7.24. The average molecular weight is 542 g/mol. The summed E-state index contributed by atoms with van der Waals surface area (Å²) in [4.78, 5) is 11.5. The summed E-state index contributed by atoms with van der Waals surface area (Å²) in [5, 5.41) is 7.72. The monoisotopic (exact) mass is 541 g/mol. The van der Waals surface area contributed by atoms with E-state index in [9.17, 15) is 21.6 Å². The summed E-state index contributed by atoms with van der Waals surface area (Å²) in [5.74, 6) is 1.10. The molecule has 3 saturated heterocycles. The zero-order valence-corrected chi connectivity index (χ0v) is 21.8. The number of rotatable bonds is 8. The molecule has 0 aliphatic carbocycles. The Labute approximate surface area is 214 Å². The zero-order chi connectivity index (χ0) is 26.4. The van der Waals surface area contributed by atoms with E-state index in [1.54, 1.807) is 6.07 Å². The summed E-state index contributed by atoms with van der Waals surface area (Å²) in [7, 11) is -3.24. The van der Waals surface area contributed by atoms with Gasteiger partial charge in [-0.05, 0) is 51.2 Å². The molecule has 9 nitrogen and oxygen atoms in total. The van der Waals surface area contributed by atoms with Crippen molar-refractivity contribution in [3.8, 4) is 0 Å². The lowest BCUT2D eigenvalue weighted by molar-refractivity contribution is -0.140. The van der Waals surface area contributed by atoms with Crippen LogP contribution in [-0.4, -0.2) is 72.6 Å². The molecule has 3 fully saturated rings. The molecule has 3 aliphatic heterocycles. The zero-order valence-electron chi connectivity index (χ0n) is 21.0. The van der Waals surface area contributed by atoms with Crippen LogP contribution in [0.1, 0.15) is 51.1 Å². The van der Waals surface area contributed by atoms with Crippen molar-refractivity contribution in [1.29, 1.82) is 0 Å². The van der Waals surface area contributed by atoms with E-state index in [0.29, 0.717) is 28.9 Å². The van der Waals surface area contributed by atoms with Crippen LogP contribution in [0.15, 0.2) is 18.2 Å². The molecule has 5 atom stereocenters. The summed E-state index contributed by atoms with van der Waals surface area (Å²) < 4.78 is 62.1. The Balaban J connectivity index is 1.38. The van der Waals surface area contributed by atoms with Gasteiger partial charge in [0.2, 0.25) is 0 Å². The van der Waals surface area contributed by atoms with Crippen LogP contribution < -0.4 is 21.5 Å². The summed E-state index contributed by atoms with van der Waals surface area (Å²) in [6, 6.07) is 5.99. The maximum Gasteiger partial charge on any atom is 0.390 e. The topological polar surface area (TPSA) is 111 Å². The van der Waals surface area contributed by atoms with Gasteiger partial charge in [0.25, 0.3) is 0 Å². The van der Waals surface area contributed by atoms with Crippen LogP contribution >= 0.6 is 0 Å². The van der Waals surface area contributed by atoms with Crippen LogP contribution in [0.2, 0.25) is 0 Å². The van der Waals surface area contributed by atoms with E-state index >= 15 is 0 Å². The largest absolute Gasteiger partial charge is 0.390 e. The molecule has 3 unspecified atom stereocenters. The molecule has 5 rings (SSSR count). The standard InChI is InChI=1S/C24H34F3N7O2S/c1-14-9-22(33-32-14)30-21-12-20-19(6-3-15(28-20)13-37(2,35)36)23(31-21)29-16-10-17-4-5-18(11-16)34(17)8-7-24(25,26)27/h3,6,12,14,16-18,22,32-33H,4-5,7-11,13H2,1-2H3,(H2,29,30,31)/t14?,16?,17-,18+,22?. The lowest BCUT2D eigenvalue weighted by atomic mass is 9.96. The number of hydrazine groups is 1. The second-order valence-corrected chi connectivity index (χ2v) is 12.9. The first-order valence-electron chi connectivity index (χ1n) is 12.8. The highest BCUT2D eigenvalue weighted by atomic mass is 32.2. The predicted molar refractivity (Wildman–Crippen MR) is 137 cm³/mol. The van der Waals surface area contributed by atoms with Crippen LogP contribution in [0, 0.1) is 0 Å². The van der Waals surface area contributed by atoms with Crippen molar-refractivity contribution in [3.63, 3.8) is 0 Å². The SMILES string of the molecule is CC1CC(Nc2cc3nc(CS(C)(=O)=O)ccc3c(NC3C[C@H]4CC[C@@H](C3)N4CCC(F)(F)F)n2)NN1. The molecule has 2 bridgehead atoms. The van der Waals surface area contributed by atoms with Gasteiger partial charge in [-0.3, -0.25) is 15.3 Å². The van der Waals surface area contributed by atoms with Gasteiger partial charge in [0.15, 0.2) is 9.84 Å². The molecular formula is C24H34F3N7O2S. The molecule has 5 heterocycles. The number of hydrogen-bond acceptors (Lipinski definition) is 9. The first kappa shape index (κ1) is 26.4. The molecule has 2 aromatic heterocycles. The maximum absolute atomic E-state index is 12.8. The normalized spacial score (nSPS) is 28.6. The van der Waals surface area contributed by atoms with E-state index in [1.165, 1.54) is 6.26 Å². The highest BCUT2D eigenvalue weighted by Gasteiger charge is 2.42. The van der Waals surface area contributed by atoms with Gasteiger partial charge < -0.3 is 10.6 Å². The minimum absolute atomic E-state index is 0.0280. The number of aromatic nitrogens is 2. The van der Waals surface area contributed by atoms with Gasteiger partial charge in [-0.25, -0.2) is 18.8 Å². The molecule has 0 radical (unpaired) electrons. The van der Waals surface area contributed by atoms with Gasteiger partial charge in [-0.1, -0.05) is 0 Å². The third-order valence-corrected chi connectivity index (χ3v) is 8.27. The first-order valence-corrected chi connectivity index (χ1v) is 14.8. The van der Waals surface area contributed by atoms with Gasteiger partial charge in [0.05, 0.1) is 29.6 Å². The highest BCUT2D eigenvalue weighted by molar-refractivity contribution is 7.89. The molecule has 2 aromatic rings. The fourth-order valence-electron chi connectivity index (χ4n) is 5.90. The third kappa shape index (κ3) is 6.62. The Hall–Kier alpha value is -2.22. The molecule has 13 heteroatoms. The van der Waals surface area contributed by atoms with Crippen LogP contribution in [0.25, 0.3) is 10.9 Å². The highest BCUT2D eigenvalue weighted by Crippen LogP contribution is 2.38. The van der Waals surface area contributed by atoms with Crippen molar-refractivity contribution in [1.82, 2.24) is 25.7 Å². The number of nitrogens with zero attached hydrogens (tertiary/aromatic N) is 3. The van der Waals surface area contributed by atoms with Crippen LogP contribution in [-0.2, 0) is 15.6 Å². The minimum atomic E-state index is -4.14. The van der Waals surface area contributed by atoms with Crippen LogP contribution in [0.4, 0.5) is 24.8 Å². The third-order valence-electron chi connectivity index (χ3n) is 7.45. The van der Waals surface area contributed by atoms with Crippen molar-refractivity contribution < 1.29 is 21.6 Å². The van der Waals surface area contributed by atoms with Gasteiger partial charge in [0, 0.05) is 48.4 Å². The number of fused-ring (bicyclic) bond motifs is 3. The first-order chi connectivity index (χ1) is 17.4. The van der Waals surface area contributed by atoms with Crippen molar-refractivity contribution >= 4 is 32.4 Å². The van der Waals surface area contributed by atoms with Crippen molar-refractivity contribution in [3.05, 3.63) is 23.9 Å². The van der Waals surface area contributed by atoms with E-state index < -0.39 is 22.4 Å². The van der Waals surface area contributed by atoms with Crippen LogP contribution in [0.3, 0.4) is 0 Å². The summed E-state index contributed by atoms with van der Waals surface area (Å²) in [5.41, 5.74) is 7.45. The number of anilines is 2. The smallest absolute Gasteiger partial charge is 0.367 e. The van der Waals surface area contributed by atoms with E-state index in [1.807, 2.05) is 17.0 Å².